The highest BCUT2D eigenvalue weighted by molar-refractivity contribution is 7.22. The molecule has 132 valence electrons. The molecule has 27 heavy (non-hydrogen) atoms. The molecule has 0 saturated heterocycles. The highest BCUT2D eigenvalue weighted by Crippen LogP contribution is 2.29. The zero-order chi connectivity index (χ0) is 18.8. The largest absolute Gasteiger partial charge is 0.298 e. The zero-order valence-electron chi connectivity index (χ0n) is 14.0. The summed E-state index contributed by atoms with van der Waals surface area (Å²) in [7, 11) is 0. The van der Waals surface area contributed by atoms with Crippen molar-refractivity contribution < 1.29 is 9.72 Å². The second-order valence-corrected chi connectivity index (χ2v) is 6.86. The molecule has 0 aliphatic heterocycles. The van der Waals surface area contributed by atoms with E-state index in [1.165, 1.54) is 23.5 Å². The number of nitrogens with one attached hydrogen (secondary N) is 1. The molecule has 1 N–H and O–H groups in total. The average Bonchev–Trinajstić information content (AvgIpc) is 3.10. The molecule has 4 aromatic rings. The van der Waals surface area contributed by atoms with Crippen molar-refractivity contribution >= 4 is 38.3 Å². The number of anilines is 1. The molecule has 1 amide bonds. The van der Waals surface area contributed by atoms with Gasteiger partial charge in [-0.3, -0.25) is 20.2 Å². The van der Waals surface area contributed by atoms with Crippen LogP contribution in [0.25, 0.3) is 21.3 Å². The fourth-order valence-corrected chi connectivity index (χ4v) is 3.54. The van der Waals surface area contributed by atoms with Gasteiger partial charge in [-0.25, -0.2) is 4.98 Å². The Morgan fingerprint density at radius 3 is 2.37 bits per heavy atom. The van der Waals surface area contributed by atoms with E-state index >= 15 is 0 Å². The summed E-state index contributed by atoms with van der Waals surface area (Å²) in [6.45, 7) is 0. The summed E-state index contributed by atoms with van der Waals surface area (Å²) in [5.74, 6) is -0.275. The molecule has 3 aromatic carbocycles. The Morgan fingerprint density at radius 2 is 1.67 bits per heavy atom. The van der Waals surface area contributed by atoms with Gasteiger partial charge >= 0.3 is 0 Å². The van der Waals surface area contributed by atoms with Crippen molar-refractivity contribution in [2.24, 2.45) is 0 Å². The fourth-order valence-electron chi connectivity index (χ4n) is 2.70. The lowest BCUT2D eigenvalue weighted by molar-refractivity contribution is -0.384. The first kappa shape index (κ1) is 16.9. The van der Waals surface area contributed by atoms with Gasteiger partial charge in [-0.1, -0.05) is 53.8 Å². The molecule has 7 heteroatoms. The molecule has 0 atom stereocenters. The van der Waals surface area contributed by atoms with Crippen LogP contribution in [0.1, 0.15) is 10.4 Å². The van der Waals surface area contributed by atoms with E-state index in [1.807, 2.05) is 42.5 Å². The summed E-state index contributed by atoms with van der Waals surface area (Å²) in [4.78, 5) is 27.1. The van der Waals surface area contributed by atoms with Crippen molar-refractivity contribution in [3.63, 3.8) is 0 Å². The molecule has 6 nitrogen and oxygen atoms in total. The fraction of sp³-hybridized carbons (Fsp3) is 0. The first-order valence-electron chi connectivity index (χ1n) is 8.12. The van der Waals surface area contributed by atoms with Crippen molar-refractivity contribution in [1.29, 1.82) is 0 Å². The van der Waals surface area contributed by atoms with Gasteiger partial charge in [-0.15, -0.1) is 0 Å². The molecule has 0 saturated carbocycles. The maximum atomic E-state index is 12.5. The highest BCUT2D eigenvalue weighted by atomic mass is 32.1. The third-order valence-corrected chi connectivity index (χ3v) is 5.01. The molecule has 1 aromatic heterocycles. The predicted octanol–water partition coefficient (Wildman–Crippen LogP) is 5.12. The van der Waals surface area contributed by atoms with Crippen molar-refractivity contribution in [3.05, 3.63) is 88.5 Å². The van der Waals surface area contributed by atoms with Gasteiger partial charge in [0.05, 0.1) is 15.1 Å². The summed E-state index contributed by atoms with van der Waals surface area (Å²) in [5, 5.41) is 14.0. The summed E-state index contributed by atoms with van der Waals surface area (Å²) < 4.78 is 0.773. The summed E-state index contributed by atoms with van der Waals surface area (Å²) in [5.41, 5.74) is 3.09. The van der Waals surface area contributed by atoms with Gasteiger partial charge in [0.25, 0.3) is 11.6 Å². The number of non-ortho nitro benzene ring substituents is 1. The number of fused-ring (bicyclic) bond motifs is 1. The molecular formula is C20H13N3O3S. The van der Waals surface area contributed by atoms with E-state index in [4.69, 9.17) is 0 Å². The number of benzene rings is 3. The SMILES string of the molecule is O=C(Nc1nc2cc([N+](=O)[O-])ccc2s1)c1ccc(-c2ccccc2)cc1. The highest BCUT2D eigenvalue weighted by Gasteiger charge is 2.13. The number of nitro benzene ring substituents is 1. The Kier molecular flexibility index (Phi) is 4.35. The van der Waals surface area contributed by atoms with Crippen LogP contribution in [0, 0.1) is 10.1 Å². The maximum Gasteiger partial charge on any atom is 0.271 e. The standard InChI is InChI=1S/C20H13N3O3S/c24-19(15-8-6-14(7-9-15)13-4-2-1-3-5-13)22-20-21-17-12-16(23(25)26)10-11-18(17)27-20/h1-12H,(H,21,22,24). The van der Waals surface area contributed by atoms with Crippen molar-refractivity contribution in [2.45, 2.75) is 0 Å². The van der Waals surface area contributed by atoms with E-state index in [0.717, 1.165) is 15.8 Å². The van der Waals surface area contributed by atoms with E-state index in [2.05, 4.69) is 10.3 Å². The topological polar surface area (TPSA) is 85.1 Å². The summed E-state index contributed by atoms with van der Waals surface area (Å²) >= 11 is 1.28. The molecular weight excluding hydrogens is 362 g/mol. The maximum absolute atomic E-state index is 12.5. The van der Waals surface area contributed by atoms with Gasteiger partial charge in [-0.05, 0) is 29.3 Å². The number of nitro groups is 1. The van der Waals surface area contributed by atoms with Crippen LogP contribution in [-0.4, -0.2) is 15.8 Å². The Labute approximate surface area is 158 Å². The van der Waals surface area contributed by atoms with Gasteiger partial charge < -0.3 is 0 Å². The lowest BCUT2D eigenvalue weighted by Crippen LogP contribution is -2.11. The van der Waals surface area contributed by atoms with Crippen LogP contribution in [0.2, 0.25) is 0 Å². The smallest absolute Gasteiger partial charge is 0.271 e. The lowest BCUT2D eigenvalue weighted by Gasteiger charge is -2.04. The molecule has 0 unspecified atom stereocenters. The van der Waals surface area contributed by atoms with Gasteiger partial charge in [0.2, 0.25) is 0 Å². The lowest BCUT2D eigenvalue weighted by atomic mass is 10.0. The number of amides is 1. The van der Waals surface area contributed by atoms with Crippen molar-refractivity contribution in [1.82, 2.24) is 4.98 Å². The molecule has 0 aliphatic rings. The van der Waals surface area contributed by atoms with Crippen LogP contribution in [0.15, 0.2) is 72.8 Å². The van der Waals surface area contributed by atoms with Crippen LogP contribution in [0.3, 0.4) is 0 Å². The number of nitrogens with zero attached hydrogens (tertiary/aromatic N) is 2. The molecule has 1 heterocycles. The van der Waals surface area contributed by atoms with Crippen LogP contribution in [0.4, 0.5) is 10.8 Å². The van der Waals surface area contributed by atoms with Crippen LogP contribution in [0.5, 0.6) is 0 Å². The molecule has 0 spiro atoms. The van der Waals surface area contributed by atoms with E-state index in [1.54, 1.807) is 18.2 Å². The van der Waals surface area contributed by atoms with Crippen LogP contribution < -0.4 is 5.32 Å². The molecule has 0 fully saturated rings. The number of aromatic nitrogens is 1. The second kappa shape index (κ2) is 6.97. The number of rotatable bonds is 4. The quantitative estimate of drug-likeness (QED) is 0.396. The van der Waals surface area contributed by atoms with Gasteiger partial charge in [0, 0.05) is 17.7 Å². The summed E-state index contributed by atoms with van der Waals surface area (Å²) in [6.07, 6.45) is 0. The molecule has 0 aliphatic carbocycles. The van der Waals surface area contributed by atoms with E-state index in [9.17, 15) is 14.9 Å². The first-order valence-corrected chi connectivity index (χ1v) is 8.93. The number of carbonyl (C=O) groups excluding carboxylic acids is 1. The minimum atomic E-state index is -0.467. The minimum absolute atomic E-state index is 0.0258. The van der Waals surface area contributed by atoms with Gasteiger partial charge in [-0.2, -0.15) is 0 Å². The molecule has 0 bridgehead atoms. The van der Waals surface area contributed by atoms with Crippen LogP contribution >= 0.6 is 11.3 Å². The van der Waals surface area contributed by atoms with Crippen LogP contribution in [-0.2, 0) is 0 Å². The van der Waals surface area contributed by atoms with Crippen molar-refractivity contribution in [3.8, 4) is 11.1 Å². The predicted molar refractivity (Wildman–Crippen MR) is 106 cm³/mol. The van der Waals surface area contributed by atoms with E-state index in [-0.39, 0.29) is 11.6 Å². The van der Waals surface area contributed by atoms with Gasteiger partial charge in [0.1, 0.15) is 0 Å². The number of carbonyl (C=O) groups is 1. The Morgan fingerprint density at radius 1 is 0.963 bits per heavy atom. The third kappa shape index (κ3) is 3.54. The van der Waals surface area contributed by atoms with E-state index < -0.39 is 4.92 Å². The number of hydrogen-bond donors (Lipinski definition) is 1. The zero-order valence-corrected chi connectivity index (χ0v) is 14.8. The minimum Gasteiger partial charge on any atom is -0.298 e. The third-order valence-electron chi connectivity index (χ3n) is 4.06. The summed E-state index contributed by atoms with van der Waals surface area (Å²) in [6, 6.07) is 21.7. The molecule has 4 rings (SSSR count). The second-order valence-electron chi connectivity index (χ2n) is 5.83. The average molecular weight is 375 g/mol. The Balaban J connectivity index is 1.53. The normalized spacial score (nSPS) is 10.7. The monoisotopic (exact) mass is 375 g/mol. The number of hydrogen-bond acceptors (Lipinski definition) is 5. The Hall–Kier alpha value is -3.58. The molecule has 0 radical (unpaired) electrons. The van der Waals surface area contributed by atoms with Crippen molar-refractivity contribution in [2.75, 3.05) is 5.32 Å². The van der Waals surface area contributed by atoms with Gasteiger partial charge in [0.15, 0.2) is 5.13 Å². The Bertz CT molecular complexity index is 1140. The van der Waals surface area contributed by atoms with E-state index in [0.29, 0.717) is 16.2 Å². The first-order chi connectivity index (χ1) is 13.1. The number of thiazole rings is 1.